The summed E-state index contributed by atoms with van der Waals surface area (Å²) in [6.45, 7) is 2.09. The summed E-state index contributed by atoms with van der Waals surface area (Å²) in [5, 5.41) is 13.2. The van der Waals surface area contributed by atoms with Crippen LogP contribution in [0.3, 0.4) is 0 Å². The van der Waals surface area contributed by atoms with Crippen LogP contribution in [-0.4, -0.2) is 29.7 Å². The summed E-state index contributed by atoms with van der Waals surface area (Å²) in [4.78, 5) is 15.6. The molecule has 0 unspecified atom stereocenters. The largest absolute Gasteiger partial charge is 0.506 e. The molecule has 3 N–H and O–H groups in total. The molecule has 0 spiro atoms. The maximum absolute atomic E-state index is 14.4. The van der Waals surface area contributed by atoms with E-state index in [9.17, 15) is 14.3 Å². The Morgan fingerprint density at radius 3 is 2.92 bits per heavy atom. The summed E-state index contributed by atoms with van der Waals surface area (Å²) < 4.78 is 23.5. The minimum absolute atomic E-state index is 0.0154. The van der Waals surface area contributed by atoms with Crippen LogP contribution in [0.2, 0.25) is 0 Å². The van der Waals surface area contributed by atoms with E-state index in [0.717, 1.165) is 17.8 Å². The van der Waals surface area contributed by atoms with Crippen molar-refractivity contribution in [1.82, 2.24) is 9.71 Å². The molecule has 132 valence electrons. The molecule has 1 aliphatic rings. The Bertz CT molecular complexity index is 795. The molecule has 0 radical (unpaired) electrons. The number of pyridine rings is 1. The monoisotopic (exact) mass is 364 g/mol. The lowest BCUT2D eigenvalue weighted by Gasteiger charge is -2.17. The van der Waals surface area contributed by atoms with Crippen molar-refractivity contribution in [3.8, 4) is 11.5 Å². The minimum Gasteiger partial charge on any atom is -0.506 e. The quantitative estimate of drug-likeness (QED) is 0.702. The van der Waals surface area contributed by atoms with E-state index in [2.05, 4.69) is 15.0 Å². The van der Waals surface area contributed by atoms with Gasteiger partial charge in [-0.2, -0.15) is 0 Å². The lowest BCUT2D eigenvalue weighted by Crippen LogP contribution is -2.16. The molecular formula is C16H17FN4O3S. The first kappa shape index (κ1) is 17.2. The zero-order chi connectivity index (χ0) is 18.0. The molecule has 0 saturated carbocycles. The molecule has 1 aromatic heterocycles. The van der Waals surface area contributed by atoms with Crippen LogP contribution in [-0.2, 0) is 11.3 Å². The number of carbonyl (C=O) groups excluding carboxylic acids is 1. The first-order valence-electron chi connectivity index (χ1n) is 7.48. The van der Waals surface area contributed by atoms with E-state index in [0.29, 0.717) is 17.1 Å². The van der Waals surface area contributed by atoms with Gasteiger partial charge in [0, 0.05) is 12.2 Å². The first-order chi connectivity index (χ1) is 12.0. The molecule has 25 heavy (non-hydrogen) atoms. The van der Waals surface area contributed by atoms with Gasteiger partial charge in [0.1, 0.15) is 18.0 Å². The van der Waals surface area contributed by atoms with Crippen LogP contribution in [0.25, 0.3) is 0 Å². The second kappa shape index (κ2) is 7.06. The molecule has 7 nitrogen and oxygen atoms in total. The predicted molar refractivity (Wildman–Crippen MR) is 94.0 cm³/mol. The number of aromatic hydroxyl groups is 1. The number of phenols is 1. The maximum Gasteiger partial charge on any atom is 0.251 e. The fourth-order valence-electron chi connectivity index (χ4n) is 2.43. The minimum atomic E-state index is -0.607. The second-order valence-corrected chi connectivity index (χ2v) is 6.28. The van der Waals surface area contributed by atoms with Crippen LogP contribution in [0.15, 0.2) is 24.3 Å². The van der Waals surface area contributed by atoms with E-state index in [4.69, 9.17) is 4.74 Å². The van der Waals surface area contributed by atoms with Gasteiger partial charge in [-0.15, -0.1) is 0 Å². The number of amides is 1. The number of phenolic OH excluding ortho intramolecular Hbond substituents is 1. The van der Waals surface area contributed by atoms with Crippen molar-refractivity contribution in [2.45, 2.75) is 13.5 Å². The number of hydrogen-bond acceptors (Lipinski definition) is 7. The first-order valence-corrected chi connectivity index (χ1v) is 8.25. The Balaban J connectivity index is 1.78. The molecule has 2 aromatic rings. The summed E-state index contributed by atoms with van der Waals surface area (Å²) in [5.74, 6) is 0.0310. The Morgan fingerprint density at radius 2 is 2.28 bits per heavy atom. The number of nitrogens with zero attached hydrogens (tertiary/aromatic N) is 2. The standard InChI is InChI=1S/C16H17FN4O3S/c1-9-3-4-13(24-2)16(19-9)18-7-10-5-11(17)15(12(22)6-10)21-8-14(23)20-25-21/h3-6,22H,7-8H2,1-2H3,(H,18,19)(H,20,23). The number of hydrogen-bond donors (Lipinski definition) is 3. The Kier molecular flexibility index (Phi) is 4.84. The highest BCUT2D eigenvalue weighted by Crippen LogP contribution is 2.36. The molecule has 9 heteroatoms. The summed E-state index contributed by atoms with van der Waals surface area (Å²) in [7, 11) is 1.54. The molecule has 1 amide bonds. The Labute approximate surface area is 148 Å². The summed E-state index contributed by atoms with van der Waals surface area (Å²) >= 11 is 0.946. The van der Waals surface area contributed by atoms with Gasteiger partial charge >= 0.3 is 0 Å². The fourth-order valence-corrected chi connectivity index (χ4v) is 3.17. The van der Waals surface area contributed by atoms with Gasteiger partial charge in [-0.25, -0.2) is 9.37 Å². The number of rotatable bonds is 5. The van der Waals surface area contributed by atoms with E-state index >= 15 is 0 Å². The van der Waals surface area contributed by atoms with Crippen molar-refractivity contribution in [2.24, 2.45) is 0 Å². The number of methoxy groups -OCH3 is 1. The van der Waals surface area contributed by atoms with Gasteiger partial charge in [-0.3, -0.25) is 13.8 Å². The highest BCUT2D eigenvalue weighted by molar-refractivity contribution is 7.99. The maximum atomic E-state index is 14.4. The van der Waals surface area contributed by atoms with Crippen LogP contribution in [0.4, 0.5) is 15.9 Å². The van der Waals surface area contributed by atoms with Crippen LogP contribution >= 0.6 is 12.1 Å². The number of halogens is 1. The molecule has 1 fully saturated rings. The summed E-state index contributed by atoms with van der Waals surface area (Å²) in [6.07, 6.45) is 0. The number of nitrogens with one attached hydrogen (secondary N) is 2. The van der Waals surface area contributed by atoms with Crippen molar-refractivity contribution >= 4 is 29.5 Å². The third-order valence-electron chi connectivity index (χ3n) is 3.59. The molecule has 2 heterocycles. The zero-order valence-electron chi connectivity index (χ0n) is 13.7. The van der Waals surface area contributed by atoms with E-state index in [-0.39, 0.29) is 30.4 Å². The molecule has 0 bridgehead atoms. The van der Waals surface area contributed by atoms with Crippen molar-refractivity contribution in [3.63, 3.8) is 0 Å². The molecule has 0 atom stereocenters. The fraction of sp³-hybridized carbons (Fsp3) is 0.250. The van der Waals surface area contributed by atoms with E-state index in [1.165, 1.54) is 16.4 Å². The number of benzene rings is 1. The van der Waals surface area contributed by atoms with E-state index in [1.54, 1.807) is 13.2 Å². The van der Waals surface area contributed by atoms with E-state index in [1.807, 2.05) is 13.0 Å². The van der Waals surface area contributed by atoms with Gasteiger partial charge < -0.3 is 15.2 Å². The van der Waals surface area contributed by atoms with Crippen molar-refractivity contribution in [3.05, 3.63) is 41.3 Å². The second-order valence-electron chi connectivity index (χ2n) is 5.46. The molecule has 3 rings (SSSR count). The number of aromatic nitrogens is 1. The zero-order valence-corrected chi connectivity index (χ0v) is 14.5. The number of ether oxygens (including phenoxy) is 1. The SMILES string of the molecule is COc1ccc(C)nc1NCc1cc(O)c(N2CC(=O)NS2)c(F)c1. The van der Waals surface area contributed by atoms with Crippen molar-refractivity contribution in [1.29, 1.82) is 0 Å². The van der Waals surface area contributed by atoms with Crippen molar-refractivity contribution in [2.75, 3.05) is 23.3 Å². The summed E-state index contributed by atoms with van der Waals surface area (Å²) in [6, 6.07) is 6.39. The normalized spacial score (nSPS) is 13.7. The average Bonchev–Trinajstić information content (AvgIpc) is 2.98. The molecule has 1 aromatic carbocycles. The highest BCUT2D eigenvalue weighted by atomic mass is 32.2. The number of carbonyl (C=O) groups is 1. The summed E-state index contributed by atoms with van der Waals surface area (Å²) in [5.41, 5.74) is 1.34. The van der Waals surface area contributed by atoms with Gasteiger partial charge in [0.05, 0.1) is 19.2 Å². The lowest BCUT2D eigenvalue weighted by molar-refractivity contribution is -0.117. The number of aryl methyl sites for hydroxylation is 1. The average molecular weight is 364 g/mol. The van der Waals surface area contributed by atoms with Gasteiger partial charge in [0.25, 0.3) is 5.91 Å². The Morgan fingerprint density at radius 1 is 1.48 bits per heavy atom. The van der Waals surface area contributed by atoms with E-state index < -0.39 is 5.82 Å². The van der Waals surface area contributed by atoms with Crippen LogP contribution in [0.5, 0.6) is 11.5 Å². The molecular weight excluding hydrogens is 347 g/mol. The third-order valence-corrected chi connectivity index (χ3v) is 4.44. The molecule has 0 aliphatic carbocycles. The molecule has 1 saturated heterocycles. The lowest BCUT2D eigenvalue weighted by atomic mass is 10.1. The van der Waals surface area contributed by atoms with Crippen molar-refractivity contribution < 1.29 is 19.0 Å². The topological polar surface area (TPSA) is 86.7 Å². The van der Waals surface area contributed by atoms with Crippen LogP contribution < -0.4 is 19.1 Å². The highest BCUT2D eigenvalue weighted by Gasteiger charge is 2.26. The number of anilines is 2. The van der Waals surface area contributed by atoms with Gasteiger partial charge in [0.2, 0.25) is 0 Å². The predicted octanol–water partition coefficient (Wildman–Crippen LogP) is 2.35. The van der Waals surface area contributed by atoms with Gasteiger partial charge in [-0.05, 0) is 36.8 Å². The van der Waals surface area contributed by atoms with Gasteiger partial charge in [0.15, 0.2) is 17.4 Å². The third kappa shape index (κ3) is 3.71. The smallest absolute Gasteiger partial charge is 0.251 e. The van der Waals surface area contributed by atoms with Crippen LogP contribution in [0, 0.1) is 12.7 Å². The van der Waals surface area contributed by atoms with Crippen LogP contribution in [0.1, 0.15) is 11.3 Å². The Hall–Kier alpha value is -2.68. The molecule has 1 aliphatic heterocycles. The van der Waals surface area contributed by atoms with Gasteiger partial charge in [-0.1, -0.05) is 0 Å².